The van der Waals surface area contributed by atoms with Gasteiger partial charge in [0.05, 0.1) is 4.92 Å². The molecular weight excluding hydrogens is 925 g/mol. The number of Topliss-reactive ketones (excluding diaryl/α,β-unsaturated/α-hetero) is 1. The van der Waals surface area contributed by atoms with Gasteiger partial charge in [0, 0.05) is 50.0 Å². The number of esters is 4. The number of nitro benzene ring substituents is 1. The Morgan fingerprint density at radius 3 is 1.98 bits per heavy atom. The van der Waals surface area contributed by atoms with E-state index in [1.165, 1.54) is 18.2 Å². The Balaban J connectivity index is 2.26. The molecule has 44 heavy (non-hydrogen) atoms. The lowest BCUT2D eigenvalue weighted by atomic mass is 9.85. The number of ketones is 1. The van der Waals surface area contributed by atoms with E-state index in [0.717, 1.165) is 38.4 Å². The molecule has 236 valence electrons. The van der Waals surface area contributed by atoms with Crippen molar-refractivity contribution in [2.24, 2.45) is 5.73 Å². The second-order valence-electron chi connectivity index (χ2n) is 9.46. The highest BCUT2D eigenvalue weighted by Gasteiger charge is 2.63. The maximum atomic E-state index is 14.3. The SMILES string of the molecule is CC(=O)OC[C@H]1OC(OC(C)=O)(C(=O)c2ccc(-c3c(I)cc(I)cc3I)cc2[N+](=O)[O-])[C@H](N)[C@@H](OC(C)=O)[C@@H]1OC(C)=O. The van der Waals surface area contributed by atoms with Crippen molar-refractivity contribution in [3.63, 3.8) is 0 Å². The first-order valence-electron chi connectivity index (χ1n) is 12.6. The van der Waals surface area contributed by atoms with Gasteiger partial charge in [0.2, 0.25) is 5.78 Å². The molecule has 2 aromatic rings. The second-order valence-corrected chi connectivity index (χ2v) is 13.0. The molecule has 2 aromatic carbocycles. The molecule has 1 unspecified atom stereocenters. The number of ether oxygens (including phenoxy) is 5. The summed E-state index contributed by atoms with van der Waals surface area (Å²) in [6.07, 6.45) is -4.81. The summed E-state index contributed by atoms with van der Waals surface area (Å²) in [7, 11) is 0. The molecule has 1 fully saturated rings. The molecule has 1 saturated heterocycles. The molecule has 17 heteroatoms. The number of benzene rings is 2. The minimum absolute atomic E-state index is 0.425. The van der Waals surface area contributed by atoms with E-state index in [1.54, 1.807) is 0 Å². The highest BCUT2D eigenvalue weighted by atomic mass is 127. The predicted molar refractivity (Wildman–Crippen MR) is 176 cm³/mol. The Morgan fingerprint density at radius 2 is 1.48 bits per heavy atom. The smallest absolute Gasteiger partial charge is 0.305 e. The second kappa shape index (κ2) is 14.7. The molecule has 0 amide bonds. The minimum atomic E-state index is -2.86. The average Bonchev–Trinajstić information content (AvgIpc) is 2.89. The zero-order valence-corrected chi connectivity index (χ0v) is 29.9. The van der Waals surface area contributed by atoms with Crippen molar-refractivity contribution >= 4 is 103 Å². The van der Waals surface area contributed by atoms with Gasteiger partial charge >= 0.3 is 23.9 Å². The Morgan fingerprint density at radius 1 is 0.909 bits per heavy atom. The molecule has 1 aliphatic rings. The van der Waals surface area contributed by atoms with Crippen molar-refractivity contribution in [3.8, 4) is 11.1 Å². The zero-order chi connectivity index (χ0) is 33.1. The van der Waals surface area contributed by atoms with E-state index in [4.69, 9.17) is 29.4 Å². The maximum absolute atomic E-state index is 14.3. The van der Waals surface area contributed by atoms with Crippen molar-refractivity contribution in [1.29, 1.82) is 0 Å². The molecular formula is C27H25I3N2O12. The summed E-state index contributed by atoms with van der Waals surface area (Å²) in [4.78, 5) is 74.0. The van der Waals surface area contributed by atoms with E-state index in [2.05, 4.69) is 67.8 Å². The lowest BCUT2D eigenvalue weighted by molar-refractivity contribution is -0.385. The number of carbonyl (C=O) groups excluding carboxylic acids is 5. The predicted octanol–water partition coefficient (Wildman–Crippen LogP) is 3.67. The van der Waals surface area contributed by atoms with Crippen LogP contribution in [0.1, 0.15) is 38.1 Å². The van der Waals surface area contributed by atoms with Gasteiger partial charge in [0.25, 0.3) is 11.5 Å². The Hall–Kier alpha value is -2.50. The standard InChI is InChI=1S/C27H25I3N2O12/c1-11(33)40-10-21-23(41-12(2)34)24(42-13(3)35)25(31)27(44-21,43-14(4)36)26(37)17-6-5-15(7-20(17)32(38)39)22-18(29)8-16(28)9-19(22)30/h5-9,21,23-25H,10,31H2,1-4H3/t21-,23-,24+,25-,27?/m1/s1. The van der Waals surface area contributed by atoms with Gasteiger partial charge in [0.1, 0.15) is 24.3 Å². The van der Waals surface area contributed by atoms with Crippen LogP contribution in [-0.2, 0) is 42.9 Å². The van der Waals surface area contributed by atoms with Crippen molar-refractivity contribution < 1.29 is 52.6 Å². The van der Waals surface area contributed by atoms with Crippen molar-refractivity contribution in [2.45, 2.75) is 57.8 Å². The lowest BCUT2D eigenvalue weighted by Gasteiger charge is -2.48. The zero-order valence-electron chi connectivity index (χ0n) is 23.5. The van der Waals surface area contributed by atoms with Crippen LogP contribution in [0.5, 0.6) is 0 Å². The number of hydrogen-bond donors (Lipinski definition) is 1. The molecule has 14 nitrogen and oxygen atoms in total. The van der Waals surface area contributed by atoms with Gasteiger partial charge in [0.15, 0.2) is 12.2 Å². The van der Waals surface area contributed by atoms with Crippen molar-refractivity contribution in [1.82, 2.24) is 0 Å². The molecule has 2 N–H and O–H groups in total. The van der Waals surface area contributed by atoms with E-state index < -0.39 is 82.6 Å². The van der Waals surface area contributed by atoms with Gasteiger partial charge in [-0.3, -0.25) is 34.1 Å². The third-order valence-electron chi connectivity index (χ3n) is 6.21. The quantitative estimate of drug-likeness (QED) is 0.0955. The number of nitrogens with zero attached hydrogens (tertiary/aromatic N) is 1. The summed E-state index contributed by atoms with van der Waals surface area (Å²) in [5.41, 5.74) is 6.31. The largest absolute Gasteiger partial charge is 0.463 e. The first-order valence-corrected chi connectivity index (χ1v) is 15.8. The Kier molecular flexibility index (Phi) is 12.0. The molecule has 5 atom stereocenters. The summed E-state index contributed by atoms with van der Waals surface area (Å²) in [6.45, 7) is 3.39. The number of carbonyl (C=O) groups is 5. The number of hydrogen-bond acceptors (Lipinski definition) is 13. The molecule has 0 bridgehead atoms. The number of nitro groups is 1. The van der Waals surface area contributed by atoms with Crippen molar-refractivity contribution in [3.05, 3.63) is 56.7 Å². The first-order chi connectivity index (χ1) is 20.5. The van der Waals surface area contributed by atoms with Gasteiger partial charge in [-0.05, 0) is 91.5 Å². The van der Waals surface area contributed by atoms with Gasteiger partial charge in [-0.15, -0.1) is 0 Å². The van der Waals surface area contributed by atoms with Crippen LogP contribution in [0.3, 0.4) is 0 Å². The number of nitrogens with two attached hydrogens (primary N) is 1. The average molecular weight is 950 g/mol. The highest BCUT2D eigenvalue weighted by molar-refractivity contribution is 14.1. The molecule has 0 aromatic heterocycles. The summed E-state index contributed by atoms with van der Waals surface area (Å²) in [6, 6.07) is 5.72. The normalized spacial score (nSPS) is 22.8. The van der Waals surface area contributed by atoms with Crippen LogP contribution in [0.2, 0.25) is 0 Å². The molecule has 0 aliphatic carbocycles. The number of halogens is 3. The van der Waals surface area contributed by atoms with Crippen LogP contribution in [0.25, 0.3) is 11.1 Å². The molecule has 1 aliphatic heterocycles. The summed E-state index contributed by atoms with van der Waals surface area (Å²) in [5.74, 6) is -7.79. The number of rotatable bonds is 9. The Labute approximate surface area is 291 Å². The third kappa shape index (κ3) is 8.01. The third-order valence-corrected chi connectivity index (χ3v) is 8.54. The van der Waals surface area contributed by atoms with Crippen LogP contribution in [0, 0.1) is 20.8 Å². The van der Waals surface area contributed by atoms with Crippen LogP contribution in [-0.4, -0.2) is 71.3 Å². The van der Waals surface area contributed by atoms with Crippen LogP contribution >= 0.6 is 67.8 Å². The van der Waals surface area contributed by atoms with Gasteiger partial charge in [-0.1, -0.05) is 6.07 Å². The first kappa shape index (κ1) is 36.0. The summed E-state index contributed by atoms with van der Waals surface area (Å²) in [5, 5.41) is 12.3. The summed E-state index contributed by atoms with van der Waals surface area (Å²) >= 11 is 6.35. The van der Waals surface area contributed by atoms with Gasteiger partial charge < -0.3 is 29.4 Å². The topological polar surface area (TPSA) is 201 Å². The minimum Gasteiger partial charge on any atom is -0.463 e. The van der Waals surface area contributed by atoms with E-state index in [-0.39, 0.29) is 0 Å². The molecule has 3 rings (SSSR count). The molecule has 1 heterocycles. The molecule has 0 saturated carbocycles. The maximum Gasteiger partial charge on any atom is 0.305 e. The van der Waals surface area contributed by atoms with E-state index in [1.807, 2.05) is 12.1 Å². The summed E-state index contributed by atoms with van der Waals surface area (Å²) < 4.78 is 29.5. The fourth-order valence-corrected chi connectivity index (χ4v) is 8.80. The van der Waals surface area contributed by atoms with Crippen molar-refractivity contribution in [2.75, 3.05) is 6.61 Å². The molecule has 0 spiro atoms. The molecule has 0 radical (unpaired) electrons. The monoisotopic (exact) mass is 950 g/mol. The fraction of sp³-hybridized carbons (Fsp3) is 0.370. The van der Waals surface area contributed by atoms with E-state index in [9.17, 15) is 34.1 Å². The van der Waals surface area contributed by atoms with E-state index in [0.29, 0.717) is 11.1 Å². The van der Waals surface area contributed by atoms with Crippen LogP contribution in [0.4, 0.5) is 5.69 Å². The van der Waals surface area contributed by atoms with Crippen LogP contribution < -0.4 is 5.73 Å². The van der Waals surface area contributed by atoms with Crippen LogP contribution in [0.15, 0.2) is 30.3 Å². The lowest BCUT2D eigenvalue weighted by Crippen LogP contribution is -2.73. The van der Waals surface area contributed by atoms with Gasteiger partial charge in [-0.25, -0.2) is 0 Å². The van der Waals surface area contributed by atoms with E-state index >= 15 is 0 Å². The Bertz CT molecular complexity index is 1510. The fourth-order valence-electron chi connectivity index (χ4n) is 4.59. The van der Waals surface area contributed by atoms with Gasteiger partial charge in [-0.2, -0.15) is 0 Å². The highest BCUT2D eigenvalue weighted by Crippen LogP contribution is 2.40.